The smallest absolute Gasteiger partial charge is 0.355 e. The van der Waals surface area contributed by atoms with Crippen LogP contribution in [0.25, 0.3) is 0 Å². The summed E-state index contributed by atoms with van der Waals surface area (Å²) in [5, 5.41) is 0. The van der Waals surface area contributed by atoms with Crippen LogP contribution in [-0.2, 0) is 22.6 Å². The number of hydrogen-bond acceptors (Lipinski definition) is 4. The number of ketones is 1. The predicted octanol–water partition coefficient (Wildman–Crippen LogP) is 4.70. The van der Waals surface area contributed by atoms with Crippen molar-refractivity contribution in [2.75, 3.05) is 6.61 Å². The van der Waals surface area contributed by atoms with Crippen LogP contribution in [0.2, 0.25) is 0 Å². The molecule has 0 radical (unpaired) electrons. The van der Waals surface area contributed by atoms with E-state index in [0.29, 0.717) is 29.1 Å². The summed E-state index contributed by atoms with van der Waals surface area (Å²) in [5.74, 6) is -1.57. The molecule has 174 valence electrons. The number of rotatable bonds is 9. The Bertz CT molecular complexity index is 992. The first kappa shape index (κ1) is 25.3. The molecule has 0 bridgehead atoms. The number of Topliss-reactive ketones (excluding diaryl/α,β-unsaturated/α-hetero) is 1. The van der Waals surface area contributed by atoms with E-state index in [1.807, 2.05) is 6.92 Å². The van der Waals surface area contributed by atoms with Crippen LogP contribution < -0.4 is 0 Å². The van der Waals surface area contributed by atoms with Gasteiger partial charge in [0.15, 0.2) is 5.78 Å². The van der Waals surface area contributed by atoms with Gasteiger partial charge in [-0.1, -0.05) is 26.0 Å². The van der Waals surface area contributed by atoms with Crippen molar-refractivity contribution in [1.82, 2.24) is 9.47 Å². The van der Waals surface area contributed by atoms with Gasteiger partial charge in [-0.2, -0.15) is 0 Å². The number of ether oxygens (including phenoxy) is 1. The molecule has 6 nitrogen and oxygen atoms in total. The van der Waals surface area contributed by atoms with Gasteiger partial charge < -0.3 is 14.2 Å². The summed E-state index contributed by atoms with van der Waals surface area (Å²) in [6, 6.07) is 5.11. The van der Waals surface area contributed by atoms with Crippen LogP contribution >= 0.6 is 0 Å². The van der Waals surface area contributed by atoms with Crippen molar-refractivity contribution < 1.29 is 23.5 Å². The second-order valence-electron chi connectivity index (χ2n) is 8.19. The maximum absolute atomic E-state index is 13.6. The van der Waals surface area contributed by atoms with E-state index in [4.69, 9.17) is 4.74 Å². The molecule has 0 saturated heterocycles. The van der Waals surface area contributed by atoms with Crippen LogP contribution in [0.1, 0.15) is 72.3 Å². The Morgan fingerprint density at radius 2 is 1.66 bits per heavy atom. The molecule has 0 aliphatic heterocycles. The van der Waals surface area contributed by atoms with Gasteiger partial charge >= 0.3 is 5.97 Å². The molecule has 2 rings (SSSR count). The number of halogens is 1. The van der Waals surface area contributed by atoms with Gasteiger partial charge in [-0.05, 0) is 57.9 Å². The fourth-order valence-corrected chi connectivity index (χ4v) is 3.99. The normalized spacial score (nSPS) is 12.0. The van der Waals surface area contributed by atoms with Crippen LogP contribution in [0.3, 0.4) is 0 Å². The molecule has 0 fully saturated rings. The summed E-state index contributed by atoms with van der Waals surface area (Å²) >= 11 is 0. The summed E-state index contributed by atoms with van der Waals surface area (Å²) in [6.07, 6.45) is 0. The van der Waals surface area contributed by atoms with Crippen LogP contribution in [0, 0.1) is 25.6 Å². The Labute approximate surface area is 189 Å². The largest absolute Gasteiger partial charge is 0.461 e. The zero-order valence-electron chi connectivity index (χ0n) is 20.0. The predicted molar refractivity (Wildman–Crippen MR) is 121 cm³/mol. The van der Waals surface area contributed by atoms with E-state index in [2.05, 4.69) is 0 Å². The molecular formula is C25H33FN2O4. The number of carbonyl (C=O) groups excluding carboxylic acids is 3. The van der Waals surface area contributed by atoms with Crippen LogP contribution in [0.15, 0.2) is 24.3 Å². The lowest BCUT2D eigenvalue weighted by molar-refractivity contribution is -0.136. The Hall–Kier alpha value is -2.96. The molecule has 0 spiro atoms. The highest BCUT2D eigenvalue weighted by molar-refractivity contribution is 6.06. The number of amides is 1. The molecule has 1 heterocycles. The lowest BCUT2D eigenvalue weighted by Gasteiger charge is -2.30. The molecule has 1 aromatic carbocycles. The highest BCUT2D eigenvalue weighted by Gasteiger charge is 2.33. The summed E-state index contributed by atoms with van der Waals surface area (Å²) in [7, 11) is 0. The van der Waals surface area contributed by atoms with Gasteiger partial charge in [0.2, 0.25) is 5.91 Å². The van der Waals surface area contributed by atoms with Crippen LogP contribution in [-0.4, -0.2) is 39.8 Å². The third-order valence-corrected chi connectivity index (χ3v) is 5.69. The van der Waals surface area contributed by atoms with Gasteiger partial charge in [0.05, 0.1) is 12.6 Å². The van der Waals surface area contributed by atoms with Crippen molar-refractivity contribution >= 4 is 17.7 Å². The molecule has 0 aliphatic rings. The minimum absolute atomic E-state index is 0.175. The quantitative estimate of drug-likeness (QED) is 0.415. The molecule has 0 unspecified atom stereocenters. The standard InChI is InChI=1S/C25H33FN2O4/c1-8-27-17(6)21(16(5)22(27)25(31)32-9-2)23(29)18(7)28(24(30)15(3)4)14-19-10-12-20(26)13-11-19/h10-13,15,18H,8-9,14H2,1-7H3/t18-/m0/s1. The Kier molecular flexibility index (Phi) is 8.36. The van der Waals surface area contributed by atoms with E-state index in [-0.39, 0.29) is 36.6 Å². The van der Waals surface area contributed by atoms with Gasteiger partial charge in [-0.15, -0.1) is 0 Å². The zero-order valence-corrected chi connectivity index (χ0v) is 20.0. The van der Waals surface area contributed by atoms with Crippen molar-refractivity contribution in [2.24, 2.45) is 5.92 Å². The van der Waals surface area contributed by atoms with E-state index in [1.54, 1.807) is 58.2 Å². The van der Waals surface area contributed by atoms with Crippen molar-refractivity contribution in [3.8, 4) is 0 Å². The second-order valence-corrected chi connectivity index (χ2v) is 8.19. The Morgan fingerprint density at radius 3 is 2.16 bits per heavy atom. The van der Waals surface area contributed by atoms with E-state index < -0.39 is 12.0 Å². The van der Waals surface area contributed by atoms with Gasteiger partial charge in [0, 0.05) is 30.3 Å². The van der Waals surface area contributed by atoms with E-state index in [9.17, 15) is 18.8 Å². The van der Waals surface area contributed by atoms with E-state index in [1.165, 1.54) is 17.0 Å². The van der Waals surface area contributed by atoms with Gasteiger partial charge in [0.1, 0.15) is 11.5 Å². The highest BCUT2D eigenvalue weighted by Crippen LogP contribution is 2.26. The van der Waals surface area contributed by atoms with Gasteiger partial charge in [0.25, 0.3) is 0 Å². The van der Waals surface area contributed by atoms with Gasteiger partial charge in [-0.25, -0.2) is 9.18 Å². The SMILES string of the molecule is CCOC(=O)c1c(C)c(C(=O)[C@H](C)N(Cc2ccc(F)cc2)C(=O)C(C)C)c(C)n1CC. The first-order chi connectivity index (χ1) is 15.0. The lowest BCUT2D eigenvalue weighted by atomic mass is 9.98. The summed E-state index contributed by atoms with van der Waals surface area (Å²) in [4.78, 5) is 40.7. The maximum Gasteiger partial charge on any atom is 0.355 e. The summed E-state index contributed by atoms with van der Waals surface area (Å²) < 4.78 is 20.3. The molecular weight excluding hydrogens is 411 g/mol. The number of hydrogen-bond donors (Lipinski definition) is 0. The highest BCUT2D eigenvalue weighted by atomic mass is 19.1. The minimum Gasteiger partial charge on any atom is -0.461 e. The topological polar surface area (TPSA) is 68.6 Å². The zero-order chi connectivity index (χ0) is 24.2. The third-order valence-electron chi connectivity index (χ3n) is 5.69. The monoisotopic (exact) mass is 444 g/mol. The van der Waals surface area contributed by atoms with Crippen molar-refractivity contribution in [3.05, 3.63) is 58.2 Å². The number of esters is 1. The van der Waals surface area contributed by atoms with Crippen LogP contribution in [0.5, 0.6) is 0 Å². The molecule has 7 heteroatoms. The van der Waals surface area contributed by atoms with Crippen molar-refractivity contribution in [1.29, 1.82) is 0 Å². The fourth-order valence-electron chi connectivity index (χ4n) is 3.99. The molecule has 1 atom stereocenters. The summed E-state index contributed by atoms with van der Waals surface area (Å²) in [5.41, 5.74) is 2.75. The average Bonchev–Trinajstić information content (AvgIpc) is 3.01. The maximum atomic E-state index is 13.6. The fraction of sp³-hybridized carbons (Fsp3) is 0.480. The molecule has 0 saturated carbocycles. The molecule has 32 heavy (non-hydrogen) atoms. The molecule has 0 aliphatic carbocycles. The van der Waals surface area contributed by atoms with Crippen molar-refractivity contribution in [2.45, 2.75) is 67.6 Å². The van der Waals surface area contributed by atoms with Crippen LogP contribution in [0.4, 0.5) is 4.39 Å². The second kappa shape index (κ2) is 10.6. The summed E-state index contributed by atoms with van der Waals surface area (Å²) in [6.45, 7) is 13.3. The molecule has 1 aromatic heterocycles. The van der Waals surface area contributed by atoms with E-state index in [0.717, 1.165) is 5.56 Å². The Morgan fingerprint density at radius 1 is 1.06 bits per heavy atom. The third kappa shape index (κ3) is 5.09. The van der Waals surface area contributed by atoms with E-state index >= 15 is 0 Å². The first-order valence-corrected chi connectivity index (χ1v) is 11.0. The van der Waals surface area contributed by atoms with Gasteiger partial charge in [-0.3, -0.25) is 9.59 Å². The number of carbonyl (C=O) groups is 3. The lowest BCUT2D eigenvalue weighted by Crippen LogP contribution is -2.45. The van der Waals surface area contributed by atoms with Crippen molar-refractivity contribution in [3.63, 3.8) is 0 Å². The molecule has 1 amide bonds. The Balaban J connectivity index is 2.49. The average molecular weight is 445 g/mol. The molecule has 2 aromatic rings. The first-order valence-electron chi connectivity index (χ1n) is 11.0. The minimum atomic E-state index is -0.768. The number of aromatic nitrogens is 1. The molecule has 0 N–H and O–H groups in total. The number of nitrogens with zero attached hydrogens (tertiary/aromatic N) is 2. The number of benzene rings is 1.